The number of rotatable bonds is 6. The number of hydrogen-bond acceptors (Lipinski definition) is 14. The molecule has 2 aromatic carbocycles. The van der Waals surface area contributed by atoms with Gasteiger partial charge in [-0.25, -0.2) is 0 Å². The molecule has 5 rings (SSSR count). The predicted octanol–water partition coefficient (Wildman–Crippen LogP) is -1.10. The Labute approximate surface area is 231 Å². The summed E-state index contributed by atoms with van der Waals surface area (Å²) in [6, 6.07) is 9.38. The summed E-state index contributed by atoms with van der Waals surface area (Å²) in [5, 5.41) is 81.4. The average Bonchev–Trinajstić information content (AvgIpc) is 2.94. The highest BCUT2D eigenvalue weighted by atomic mass is 16.8. The standard InChI is InChI=1S/C27H30O14/c1-10-20(32)22(34)24(36)26(37-10)41-25-23(35)21(33)18(9-28)40-27(25)38-13-6-14(30)19-15(31)8-16(39-17(19)7-13)11-2-4-12(29)5-3-11/h2-8,10,18,20-30,32-36H,9H2,1H3/t10-,18-,20+,21+,22-,23+,24-,25+,26-,27-/m0/s1. The van der Waals surface area contributed by atoms with E-state index in [1.54, 1.807) is 0 Å². The Morgan fingerprint density at radius 2 is 1.54 bits per heavy atom. The van der Waals surface area contributed by atoms with Gasteiger partial charge in [-0.05, 0) is 31.2 Å². The van der Waals surface area contributed by atoms with E-state index in [1.165, 1.54) is 43.3 Å². The van der Waals surface area contributed by atoms with Gasteiger partial charge in [0.1, 0.15) is 70.6 Å². The minimum absolute atomic E-state index is 0.00857. The van der Waals surface area contributed by atoms with Gasteiger partial charge in [-0.15, -0.1) is 0 Å². The van der Waals surface area contributed by atoms with E-state index in [1.807, 2.05) is 0 Å². The fourth-order valence-corrected chi connectivity index (χ4v) is 4.79. The third kappa shape index (κ3) is 5.61. The van der Waals surface area contributed by atoms with Gasteiger partial charge < -0.3 is 64.2 Å². The van der Waals surface area contributed by atoms with Crippen molar-refractivity contribution in [1.82, 2.24) is 0 Å². The molecule has 2 saturated heterocycles. The zero-order valence-electron chi connectivity index (χ0n) is 21.5. The van der Waals surface area contributed by atoms with E-state index in [2.05, 4.69) is 0 Å². The van der Waals surface area contributed by atoms with Gasteiger partial charge >= 0.3 is 0 Å². The summed E-state index contributed by atoms with van der Waals surface area (Å²) in [4.78, 5) is 12.8. The number of aliphatic hydroxyl groups excluding tert-OH is 6. The first-order valence-corrected chi connectivity index (χ1v) is 12.7. The number of aromatic hydroxyl groups is 2. The molecular weight excluding hydrogens is 548 g/mol. The molecule has 14 nitrogen and oxygen atoms in total. The molecule has 0 unspecified atom stereocenters. The molecule has 0 bridgehead atoms. The van der Waals surface area contributed by atoms with Crippen LogP contribution < -0.4 is 10.2 Å². The summed E-state index contributed by atoms with van der Waals surface area (Å²) < 4.78 is 28.4. The number of ether oxygens (including phenoxy) is 4. The minimum atomic E-state index is -1.76. The molecule has 0 saturated carbocycles. The fourth-order valence-electron chi connectivity index (χ4n) is 4.79. The molecule has 1 aromatic heterocycles. The van der Waals surface area contributed by atoms with E-state index in [-0.39, 0.29) is 28.2 Å². The first-order valence-electron chi connectivity index (χ1n) is 12.7. The van der Waals surface area contributed by atoms with Gasteiger partial charge in [0, 0.05) is 23.8 Å². The molecule has 3 aromatic rings. The molecule has 0 spiro atoms. The largest absolute Gasteiger partial charge is 0.508 e. The van der Waals surface area contributed by atoms with Crippen LogP contribution in [0.4, 0.5) is 0 Å². The van der Waals surface area contributed by atoms with Crippen molar-refractivity contribution in [1.29, 1.82) is 0 Å². The normalized spacial score (nSPS) is 34.0. The first-order chi connectivity index (χ1) is 19.5. The first kappa shape index (κ1) is 29.2. The molecular formula is C27H30O14. The summed E-state index contributed by atoms with van der Waals surface area (Å²) in [5.74, 6) is -0.498. The van der Waals surface area contributed by atoms with Crippen molar-refractivity contribution >= 4 is 11.0 Å². The smallest absolute Gasteiger partial charge is 0.229 e. The number of phenols is 2. The molecule has 2 aliphatic rings. The van der Waals surface area contributed by atoms with Crippen LogP contribution in [-0.2, 0) is 14.2 Å². The van der Waals surface area contributed by atoms with E-state index < -0.39 is 79.2 Å². The number of aliphatic hydroxyl groups is 6. The highest BCUT2D eigenvalue weighted by molar-refractivity contribution is 5.86. The van der Waals surface area contributed by atoms with Crippen molar-refractivity contribution in [2.24, 2.45) is 0 Å². The lowest BCUT2D eigenvalue weighted by atomic mass is 9.97. The van der Waals surface area contributed by atoms with Crippen LogP contribution in [0, 0.1) is 0 Å². The van der Waals surface area contributed by atoms with Gasteiger partial charge in [0.2, 0.25) is 6.29 Å². The van der Waals surface area contributed by atoms with Crippen LogP contribution in [0.15, 0.2) is 51.7 Å². The van der Waals surface area contributed by atoms with Crippen LogP contribution in [-0.4, -0.2) is 109 Å². The molecule has 0 aliphatic carbocycles. The van der Waals surface area contributed by atoms with Crippen molar-refractivity contribution in [3.63, 3.8) is 0 Å². The van der Waals surface area contributed by atoms with Crippen molar-refractivity contribution < 1.29 is 64.2 Å². The number of benzene rings is 2. The SMILES string of the molecule is C[C@@H]1O[C@@H](O[C@H]2[C@@H](Oc3cc(O)c4c(=O)cc(-c5ccc(O)cc5)oc4c3)O[C@@H](CO)[C@@H](O)[C@H]2O)[C@@H](O)[C@@H](O)[C@@H]1O. The second-order valence-corrected chi connectivity index (χ2v) is 9.94. The van der Waals surface area contributed by atoms with Gasteiger partial charge in [0.05, 0.1) is 12.7 Å². The van der Waals surface area contributed by atoms with Crippen molar-refractivity contribution in [3.8, 4) is 28.6 Å². The third-order valence-electron chi connectivity index (χ3n) is 7.11. The topological polar surface area (TPSA) is 229 Å². The summed E-state index contributed by atoms with van der Waals surface area (Å²) in [5.41, 5.74) is -0.182. The van der Waals surface area contributed by atoms with Crippen LogP contribution >= 0.6 is 0 Å². The van der Waals surface area contributed by atoms with Crippen molar-refractivity contribution in [2.75, 3.05) is 6.61 Å². The predicted molar refractivity (Wildman–Crippen MR) is 137 cm³/mol. The maximum atomic E-state index is 12.8. The van der Waals surface area contributed by atoms with Gasteiger partial charge in [0.15, 0.2) is 17.8 Å². The molecule has 0 amide bonds. The zero-order chi connectivity index (χ0) is 29.6. The van der Waals surface area contributed by atoms with Crippen LogP contribution in [0.1, 0.15) is 6.92 Å². The Balaban J connectivity index is 1.47. The second-order valence-electron chi connectivity index (χ2n) is 9.94. The molecule has 14 heteroatoms. The lowest BCUT2D eigenvalue weighted by Crippen LogP contribution is -2.64. The molecule has 2 aliphatic heterocycles. The quantitative estimate of drug-likeness (QED) is 0.174. The fraction of sp³-hybridized carbons (Fsp3) is 0.444. The van der Waals surface area contributed by atoms with Crippen molar-refractivity contribution in [3.05, 3.63) is 52.7 Å². The third-order valence-corrected chi connectivity index (χ3v) is 7.11. The molecule has 41 heavy (non-hydrogen) atoms. The van der Waals surface area contributed by atoms with E-state index >= 15 is 0 Å². The monoisotopic (exact) mass is 578 g/mol. The Kier molecular flexibility index (Phi) is 8.20. The number of phenolic OH excluding ortho intramolecular Hbond substituents is 2. The highest BCUT2D eigenvalue weighted by Crippen LogP contribution is 2.35. The maximum Gasteiger partial charge on any atom is 0.229 e. The molecule has 10 atom stereocenters. The molecule has 222 valence electrons. The van der Waals surface area contributed by atoms with Crippen LogP contribution in [0.3, 0.4) is 0 Å². The Bertz CT molecular complexity index is 1420. The molecule has 3 heterocycles. The summed E-state index contributed by atoms with van der Waals surface area (Å²) >= 11 is 0. The lowest BCUT2D eigenvalue weighted by molar-refractivity contribution is -0.354. The number of hydrogen-bond donors (Lipinski definition) is 8. The van der Waals surface area contributed by atoms with Gasteiger partial charge in [-0.2, -0.15) is 0 Å². The molecule has 2 fully saturated rings. The Hall–Kier alpha value is -3.31. The van der Waals surface area contributed by atoms with Gasteiger partial charge in [-0.3, -0.25) is 4.79 Å². The van der Waals surface area contributed by atoms with Gasteiger partial charge in [0.25, 0.3) is 0 Å². The minimum Gasteiger partial charge on any atom is -0.508 e. The molecule has 8 N–H and O–H groups in total. The van der Waals surface area contributed by atoms with Crippen LogP contribution in [0.25, 0.3) is 22.3 Å². The second kappa shape index (κ2) is 11.5. The van der Waals surface area contributed by atoms with E-state index in [0.717, 1.165) is 6.07 Å². The highest BCUT2D eigenvalue weighted by Gasteiger charge is 2.50. The van der Waals surface area contributed by atoms with E-state index in [9.17, 15) is 45.6 Å². The van der Waals surface area contributed by atoms with Gasteiger partial charge in [-0.1, -0.05) is 0 Å². The lowest BCUT2D eigenvalue weighted by Gasteiger charge is -2.45. The van der Waals surface area contributed by atoms with Crippen molar-refractivity contribution in [2.45, 2.75) is 68.3 Å². The van der Waals surface area contributed by atoms with E-state index in [0.29, 0.717) is 5.56 Å². The average molecular weight is 579 g/mol. The summed E-state index contributed by atoms with van der Waals surface area (Å²) in [7, 11) is 0. The zero-order valence-corrected chi connectivity index (χ0v) is 21.5. The Morgan fingerprint density at radius 3 is 2.22 bits per heavy atom. The Morgan fingerprint density at radius 1 is 0.829 bits per heavy atom. The molecule has 0 radical (unpaired) electrons. The summed E-state index contributed by atoms with van der Waals surface area (Å²) in [6.07, 6.45) is -15.3. The number of fused-ring (bicyclic) bond motifs is 1. The maximum absolute atomic E-state index is 12.8. The van der Waals surface area contributed by atoms with Crippen LogP contribution in [0.2, 0.25) is 0 Å². The van der Waals surface area contributed by atoms with Crippen LogP contribution in [0.5, 0.6) is 17.2 Å². The summed E-state index contributed by atoms with van der Waals surface area (Å²) in [6.45, 7) is 0.704. The van der Waals surface area contributed by atoms with E-state index in [4.69, 9.17) is 23.4 Å².